The molecule has 1 amide bonds. The summed E-state index contributed by atoms with van der Waals surface area (Å²) in [5.74, 6) is -0.781. The highest BCUT2D eigenvalue weighted by molar-refractivity contribution is 5.94. The number of nitrogens with zero attached hydrogens (tertiary/aromatic N) is 2. The van der Waals surface area contributed by atoms with Crippen LogP contribution in [0.15, 0.2) is 18.5 Å². The maximum atomic E-state index is 13.8. The van der Waals surface area contributed by atoms with Crippen molar-refractivity contribution in [2.75, 3.05) is 13.1 Å². The molecule has 0 atom stereocenters. The first-order valence-electron chi connectivity index (χ1n) is 7.34. The van der Waals surface area contributed by atoms with Crippen molar-refractivity contribution in [1.82, 2.24) is 9.88 Å². The van der Waals surface area contributed by atoms with E-state index in [1.807, 2.05) is 4.90 Å². The molecule has 0 aliphatic heterocycles. The topological polar surface area (TPSA) is 59.2 Å². The van der Waals surface area contributed by atoms with E-state index >= 15 is 0 Å². The number of amides is 1. The van der Waals surface area contributed by atoms with Crippen LogP contribution in [-0.2, 0) is 0 Å². The van der Waals surface area contributed by atoms with Crippen LogP contribution in [0.4, 0.5) is 4.39 Å². The Bertz CT molecular complexity index is 446. The summed E-state index contributed by atoms with van der Waals surface area (Å²) in [6, 6.07) is 1.67. The fraction of sp³-hybridized carbons (Fsp3) is 0.600. The third-order valence-corrected chi connectivity index (χ3v) is 3.88. The molecule has 20 heavy (non-hydrogen) atoms. The van der Waals surface area contributed by atoms with Crippen molar-refractivity contribution >= 4 is 5.91 Å². The summed E-state index contributed by atoms with van der Waals surface area (Å²) in [5, 5.41) is 0. The van der Waals surface area contributed by atoms with Gasteiger partial charge in [-0.05, 0) is 31.9 Å². The van der Waals surface area contributed by atoms with Crippen LogP contribution in [0.25, 0.3) is 0 Å². The zero-order valence-electron chi connectivity index (χ0n) is 11.7. The summed E-state index contributed by atoms with van der Waals surface area (Å²) >= 11 is 0. The van der Waals surface area contributed by atoms with Crippen molar-refractivity contribution < 1.29 is 9.18 Å². The molecule has 0 bridgehead atoms. The Kier molecular flexibility index (Phi) is 5.47. The number of rotatable bonds is 5. The quantitative estimate of drug-likeness (QED) is 0.900. The van der Waals surface area contributed by atoms with E-state index < -0.39 is 5.82 Å². The van der Waals surface area contributed by atoms with Crippen LogP contribution in [0.2, 0.25) is 0 Å². The molecule has 1 aliphatic carbocycles. The van der Waals surface area contributed by atoms with E-state index in [1.54, 1.807) is 0 Å². The molecule has 5 heteroatoms. The minimum absolute atomic E-state index is 0.114. The molecular weight excluding hydrogens is 257 g/mol. The van der Waals surface area contributed by atoms with Gasteiger partial charge in [0.2, 0.25) is 0 Å². The second kappa shape index (κ2) is 7.33. The molecule has 1 aromatic heterocycles. The SMILES string of the molecule is NCCCN(C(=O)c1ccncc1F)C1CCCCC1. The number of halogens is 1. The van der Waals surface area contributed by atoms with E-state index in [9.17, 15) is 9.18 Å². The van der Waals surface area contributed by atoms with Crippen LogP contribution < -0.4 is 5.73 Å². The van der Waals surface area contributed by atoms with E-state index in [-0.39, 0.29) is 17.5 Å². The van der Waals surface area contributed by atoms with Crippen LogP contribution in [-0.4, -0.2) is 34.9 Å². The Morgan fingerprint density at radius 1 is 1.40 bits per heavy atom. The van der Waals surface area contributed by atoms with Gasteiger partial charge < -0.3 is 10.6 Å². The fourth-order valence-corrected chi connectivity index (χ4v) is 2.81. The van der Waals surface area contributed by atoms with E-state index in [2.05, 4.69) is 4.98 Å². The number of pyridine rings is 1. The van der Waals surface area contributed by atoms with Gasteiger partial charge in [0.1, 0.15) is 0 Å². The standard InChI is InChI=1S/C15H22FN3O/c16-14-11-18-9-7-13(14)15(20)19(10-4-8-17)12-5-2-1-3-6-12/h7,9,11-12H,1-6,8,10,17H2. The Hall–Kier alpha value is -1.49. The third kappa shape index (κ3) is 3.54. The summed E-state index contributed by atoms with van der Waals surface area (Å²) in [4.78, 5) is 18.1. The highest BCUT2D eigenvalue weighted by atomic mass is 19.1. The third-order valence-electron chi connectivity index (χ3n) is 3.88. The Morgan fingerprint density at radius 3 is 2.80 bits per heavy atom. The molecule has 0 aromatic carbocycles. The van der Waals surface area contributed by atoms with Gasteiger partial charge in [-0.2, -0.15) is 0 Å². The highest BCUT2D eigenvalue weighted by Crippen LogP contribution is 2.24. The Morgan fingerprint density at radius 2 is 2.15 bits per heavy atom. The second-order valence-electron chi connectivity index (χ2n) is 5.29. The molecule has 0 radical (unpaired) electrons. The van der Waals surface area contributed by atoms with E-state index in [1.165, 1.54) is 18.7 Å². The molecular formula is C15H22FN3O. The molecule has 1 fully saturated rings. The largest absolute Gasteiger partial charge is 0.336 e. The molecule has 1 heterocycles. The zero-order chi connectivity index (χ0) is 14.4. The van der Waals surface area contributed by atoms with Gasteiger partial charge in [0.25, 0.3) is 5.91 Å². The number of aromatic nitrogens is 1. The molecule has 1 aromatic rings. The van der Waals surface area contributed by atoms with Crippen LogP contribution >= 0.6 is 0 Å². The van der Waals surface area contributed by atoms with Gasteiger partial charge in [-0.25, -0.2) is 4.39 Å². The normalized spacial score (nSPS) is 16.1. The summed E-state index contributed by atoms with van der Waals surface area (Å²) in [6.45, 7) is 1.14. The van der Waals surface area contributed by atoms with Gasteiger partial charge in [-0.1, -0.05) is 19.3 Å². The number of hydrogen-bond donors (Lipinski definition) is 1. The van der Waals surface area contributed by atoms with E-state index in [0.29, 0.717) is 13.1 Å². The van der Waals surface area contributed by atoms with Gasteiger partial charge in [-0.3, -0.25) is 9.78 Å². The lowest BCUT2D eigenvalue weighted by molar-refractivity contribution is 0.0628. The number of nitrogens with two attached hydrogens (primary N) is 1. The van der Waals surface area contributed by atoms with Crippen LogP contribution in [0.1, 0.15) is 48.9 Å². The van der Waals surface area contributed by atoms with E-state index in [0.717, 1.165) is 38.3 Å². The van der Waals surface area contributed by atoms with Crippen LogP contribution in [0.5, 0.6) is 0 Å². The lowest BCUT2D eigenvalue weighted by Crippen LogP contribution is -2.43. The van der Waals surface area contributed by atoms with Gasteiger partial charge >= 0.3 is 0 Å². The van der Waals surface area contributed by atoms with Crippen molar-refractivity contribution in [3.8, 4) is 0 Å². The maximum absolute atomic E-state index is 13.8. The van der Waals surface area contributed by atoms with Crippen LogP contribution in [0.3, 0.4) is 0 Å². The maximum Gasteiger partial charge on any atom is 0.257 e. The van der Waals surface area contributed by atoms with Gasteiger partial charge in [-0.15, -0.1) is 0 Å². The Labute approximate surface area is 119 Å². The summed E-state index contributed by atoms with van der Waals surface area (Å²) in [6.07, 6.45) is 8.79. The average molecular weight is 279 g/mol. The predicted octanol–water partition coefficient (Wildman–Crippen LogP) is 2.34. The molecule has 1 aliphatic rings. The summed E-state index contributed by atoms with van der Waals surface area (Å²) < 4.78 is 13.8. The first-order chi connectivity index (χ1) is 9.74. The molecule has 4 nitrogen and oxygen atoms in total. The number of carbonyl (C=O) groups is 1. The number of carbonyl (C=O) groups excluding carboxylic acids is 1. The van der Waals surface area contributed by atoms with Crippen LogP contribution in [0, 0.1) is 5.82 Å². The van der Waals surface area contributed by atoms with E-state index in [4.69, 9.17) is 5.73 Å². The summed E-state index contributed by atoms with van der Waals surface area (Å²) in [5.41, 5.74) is 5.67. The monoisotopic (exact) mass is 279 g/mol. The lowest BCUT2D eigenvalue weighted by atomic mass is 9.93. The van der Waals surface area contributed by atoms with Crippen molar-refractivity contribution in [3.63, 3.8) is 0 Å². The molecule has 1 saturated carbocycles. The van der Waals surface area contributed by atoms with Crippen molar-refractivity contribution in [2.24, 2.45) is 5.73 Å². The minimum atomic E-state index is -0.550. The molecule has 0 spiro atoms. The number of hydrogen-bond acceptors (Lipinski definition) is 3. The highest BCUT2D eigenvalue weighted by Gasteiger charge is 2.27. The second-order valence-corrected chi connectivity index (χ2v) is 5.29. The van der Waals surface area contributed by atoms with Gasteiger partial charge in [0.15, 0.2) is 5.82 Å². The van der Waals surface area contributed by atoms with Crippen molar-refractivity contribution in [3.05, 3.63) is 29.8 Å². The lowest BCUT2D eigenvalue weighted by Gasteiger charge is -2.34. The smallest absolute Gasteiger partial charge is 0.257 e. The minimum Gasteiger partial charge on any atom is -0.336 e. The molecule has 0 saturated heterocycles. The first-order valence-corrected chi connectivity index (χ1v) is 7.34. The molecule has 2 rings (SSSR count). The Balaban J connectivity index is 2.16. The first kappa shape index (κ1) is 14.9. The molecule has 2 N–H and O–H groups in total. The van der Waals surface area contributed by atoms with Crippen molar-refractivity contribution in [2.45, 2.75) is 44.6 Å². The molecule has 110 valence electrons. The summed E-state index contributed by atoms with van der Waals surface area (Å²) in [7, 11) is 0. The zero-order valence-corrected chi connectivity index (χ0v) is 11.7. The van der Waals surface area contributed by atoms with Gasteiger partial charge in [0, 0.05) is 18.8 Å². The van der Waals surface area contributed by atoms with Gasteiger partial charge in [0.05, 0.1) is 11.8 Å². The van der Waals surface area contributed by atoms with Crippen molar-refractivity contribution in [1.29, 1.82) is 0 Å². The predicted molar refractivity (Wildman–Crippen MR) is 75.8 cm³/mol. The average Bonchev–Trinajstić information content (AvgIpc) is 2.49. The fourth-order valence-electron chi connectivity index (χ4n) is 2.81. The molecule has 0 unspecified atom stereocenters.